The fourth-order valence-electron chi connectivity index (χ4n) is 2.09. The zero-order valence-electron chi connectivity index (χ0n) is 10.3. The molecule has 1 aromatic heterocycles. The number of nitrogens with one attached hydrogen (secondary N) is 1. The van der Waals surface area contributed by atoms with Crippen molar-refractivity contribution in [2.24, 2.45) is 5.41 Å². The molecule has 0 bridgehead atoms. The first-order chi connectivity index (χ1) is 8.37. The molecular weight excluding hydrogens is 407 g/mol. The van der Waals surface area contributed by atoms with Crippen molar-refractivity contribution >= 4 is 50.1 Å². The molecule has 1 aliphatic rings. The summed E-state index contributed by atoms with van der Waals surface area (Å²) >= 11 is 5.70. The molecule has 3 nitrogen and oxygen atoms in total. The van der Waals surface area contributed by atoms with Gasteiger partial charge in [-0.2, -0.15) is 0 Å². The van der Waals surface area contributed by atoms with Crippen molar-refractivity contribution in [1.29, 1.82) is 0 Å². The molecular formula is C13H14BrIN2O. The topological polar surface area (TPSA) is 42.0 Å². The Balaban J connectivity index is 2.24. The van der Waals surface area contributed by atoms with Gasteiger partial charge in [0.2, 0.25) is 0 Å². The normalized spacial score (nSPS) is 18.4. The minimum Gasteiger partial charge on any atom is -0.343 e. The van der Waals surface area contributed by atoms with Gasteiger partial charge in [0.15, 0.2) is 5.78 Å². The molecule has 0 aromatic carbocycles. The number of carbonyl (C=O) groups excluding carboxylic acids is 1. The van der Waals surface area contributed by atoms with E-state index in [9.17, 15) is 4.79 Å². The maximum atomic E-state index is 11.7. The van der Waals surface area contributed by atoms with Gasteiger partial charge in [-0.15, -0.1) is 0 Å². The largest absolute Gasteiger partial charge is 0.343 e. The number of hydrogen-bond acceptors (Lipinski definition) is 3. The Morgan fingerprint density at radius 2 is 2.17 bits per heavy atom. The van der Waals surface area contributed by atoms with Crippen LogP contribution in [0.5, 0.6) is 0 Å². The predicted octanol–water partition coefficient (Wildman–Crippen LogP) is 4.13. The zero-order valence-corrected chi connectivity index (χ0v) is 14.0. The molecule has 18 heavy (non-hydrogen) atoms. The number of anilines is 1. The minimum atomic E-state index is 0.0195. The highest BCUT2D eigenvalue weighted by Gasteiger charge is 2.27. The summed E-state index contributed by atoms with van der Waals surface area (Å²) < 4.78 is 2.02. The van der Waals surface area contributed by atoms with E-state index in [1.807, 2.05) is 6.07 Å². The molecule has 0 spiro atoms. The highest BCUT2D eigenvalue weighted by atomic mass is 127. The van der Waals surface area contributed by atoms with E-state index in [0.717, 1.165) is 26.0 Å². The number of halogens is 2. The number of rotatable bonds is 2. The Kier molecular flexibility index (Phi) is 4.11. The van der Waals surface area contributed by atoms with Crippen molar-refractivity contribution in [3.05, 3.63) is 32.1 Å². The number of hydrogen-bond donors (Lipinski definition) is 1. The SMILES string of the molecule is CC1(C)CC(=O)C=C(Nc2nccc(Br)c2I)C1. The predicted molar refractivity (Wildman–Crippen MR) is 84.4 cm³/mol. The van der Waals surface area contributed by atoms with E-state index < -0.39 is 0 Å². The molecule has 0 aliphatic heterocycles. The molecule has 96 valence electrons. The van der Waals surface area contributed by atoms with Crippen molar-refractivity contribution in [3.63, 3.8) is 0 Å². The lowest BCUT2D eigenvalue weighted by Gasteiger charge is -2.29. The quantitative estimate of drug-likeness (QED) is 0.731. The first kappa shape index (κ1) is 14.0. The van der Waals surface area contributed by atoms with Crippen molar-refractivity contribution in [2.45, 2.75) is 26.7 Å². The van der Waals surface area contributed by atoms with E-state index in [2.05, 4.69) is 62.7 Å². The van der Waals surface area contributed by atoms with Crippen LogP contribution >= 0.6 is 38.5 Å². The molecule has 0 radical (unpaired) electrons. The number of nitrogens with zero attached hydrogens (tertiary/aromatic N) is 1. The van der Waals surface area contributed by atoms with Crippen LogP contribution < -0.4 is 5.32 Å². The molecule has 5 heteroatoms. The first-order valence-electron chi connectivity index (χ1n) is 5.68. The van der Waals surface area contributed by atoms with Gasteiger partial charge >= 0.3 is 0 Å². The Morgan fingerprint density at radius 1 is 1.44 bits per heavy atom. The summed E-state index contributed by atoms with van der Waals surface area (Å²) in [4.78, 5) is 16.0. The first-order valence-corrected chi connectivity index (χ1v) is 7.55. The van der Waals surface area contributed by atoms with Crippen LogP contribution in [0.1, 0.15) is 26.7 Å². The Labute approximate surface area is 129 Å². The lowest BCUT2D eigenvalue weighted by molar-refractivity contribution is -0.117. The van der Waals surface area contributed by atoms with Crippen molar-refractivity contribution in [2.75, 3.05) is 5.32 Å². The molecule has 0 unspecified atom stereocenters. The van der Waals surface area contributed by atoms with Gasteiger partial charge in [-0.05, 0) is 56.4 Å². The molecule has 0 saturated carbocycles. The van der Waals surface area contributed by atoms with Crippen LogP contribution in [0, 0.1) is 8.99 Å². The number of ketones is 1. The van der Waals surface area contributed by atoms with E-state index in [1.54, 1.807) is 12.3 Å². The summed E-state index contributed by atoms with van der Waals surface area (Å²) in [5, 5.41) is 3.27. The summed E-state index contributed by atoms with van der Waals surface area (Å²) in [6.07, 6.45) is 4.92. The van der Waals surface area contributed by atoms with Gasteiger partial charge in [0, 0.05) is 28.9 Å². The standard InChI is InChI=1S/C13H14BrIN2O/c1-13(2)6-8(5-9(18)7-13)17-12-11(15)10(14)3-4-16-12/h3-5H,6-7H2,1-2H3,(H,16,17). The smallest absolute Gasteiger partial charge is 0.157 e. The lowest BCUT2D eigenvalue weighted by atomic mass is 9.79. The highest BCUT2D eigenvalue weighted by molar-refractivity contribution is 14.1. The van der Waals surface area contributed by atoms with Crippen molar-refractivity contribution < 1.29 is 4.79 Å². The number of carbonyl (C=O) groups is 1. The van der Waals surface area contributed by atoms with Gasteiger partial charge in [-0.3, -0.25) is 4.79 Å². The average molecular weight is 421 g/mol. The molecule has 2 rings (SSSR count). The second-order valence-electron chi connectivity index (χ2n) is 5.23. The lowest BCUT2D eigenvalue weighted by Crippen LogP contribution is -2.24. The number of pyridine rings is 1. The minimum absolute atomic E-state index is 0.0195. The van der Waals surface area contributed by atoms with Crippen LogP contribution in [-0.2, 0) is 4.79 Å². The van der Waals surface area contributed by atoms with E-state index in [0.29, 0.717) is 6.42 Å². The van der Waals surface area contributed by atoms with Crippen LogP contribution in [0.25, 0.3) is 0 Å². The van der Waals surface area contributed by atoms with Crippen LogP contribution in [0.3, 0.4) is 0 Å². The molecule has 1 N–H and O–H groups in total. The van der Waals surface area contributed by atoms with E-state index in [4.69, 9.17) is 0 Å². The fraction of sp³-hybridized carbons (Fsp3) is 0.385. The molecule has 1 aliphatic carbocycles. The molecule has 0 saturated heterocycles. The third-order valence-electron chi connectivity index (χ3n) is 2.78. The van der Waals surface area contributed by atoms with Gasteiger partial charge < -0.3 is 5.32 Å². The molecule has 1 heterocycles. The van der Waals surface area contributed by atoms with Crippen LogP contribution in [0.4, 0.5) is 5.82 Å². The molecule has 0 atom stereocenters. The highest BCUT2D eigenvalue weighted by Crippen LogP contribution is 2.34. The Hall–Kier alpha value is -0.430. The van der Waals surface area contributed by atoms with Crippen LogP contribution in [0.2, 0.25) is 0 Å². The Morgan fingerprint density at radius 3 is 2.83 bits per heavy atom. The van der Waals surface area contributed by atoms with Gasteiger partial charge in [-0.25, -0.2) is 4.98 Å². The van der Waals surface area contributed by atoms with Crippen molar-refractivity contribution in [1.82, 2.24) is 4.98 Å². The Bertz CT molecular complexity index is 526. The zero-order chi connectivity index (χ0) is 13.3. The van der Waals surface area contributed by atoms with Crippen LogP contribution in [0.15, 0.2) is 28.5 Å². The monoisotopic (exact) mass is 420 g/mol. The van der Waals surface area contributed by atoms with Gasteiger partial charge in [0.05, 0.1) is 3.57 Å². The maximum absolute atomic E-state index is 11.7. The summed E-state index contributed by atoms with van der Waals surface area (Å²) in [6, 6.07) is 1.90. The van der Waals surface area contributed by atoms with Crippen LogP contribution in [-0.4, -0.2) is 10.8 Å². The number of aromatic nitrogens is 1. The molecule has 0 fully saturated rings. The van der Waals surface area contributed by atoms with E-state index in [1.165, 1.54) is 0 Å². The van der Waals surface area contributed by atoms with Gasteiger partial charge in [0.1, 0.15) is 5.82 Å². The maximum Gasteiger partial charge on any atom is 0.157 e. The van der Waals surface area contributed by atoms with E-state index >= 15 is 0 Å². The molecule has 1 aromatic rings. The second-order valence-corrected chi connectivity index (χ2v) is 7.17. The second kappa shape index (κ2) is 5.28. The fourth-order valence-corrected chi connectivity index (χ4v) is 2.85. The summed E-state index contributed by atoms with van der Waals surface area (Å²) in [6.45, 7) is 4.22. The summed E-state index contributed by atoms with van der Waals surface area (Å²) in [7, 11) is 0. The van der Waals surface area contributed by atoms with Gasteiger partial charge in [-0.1, -0.05) is 13.8 Å². The average Bonchev–Trinajstić information content (AvgIpc) is 2.22. The summed E-state index contributed by atoms with van der Waals surface area (Å²) in [5.74, 6) is 0.973. The molecule has 0 amide bonds. The third-order valence-corrected chi connectivity index (χ3v) is 5.27. The third kappa shape index (κ3) is 3.32. The van der Waals surface area contributed by atoms with E-state index in [-0.39, 0.29) is 11.2 Å². The number of allylic oxidation sites excluding steroid dienone is 2. The van der Waals surface area contributed by atoms with Crippen molar-refractivity contribution in [3.8, 4) is 0 Å². The van der Waals surface area contributed by atoms with Gasteiger partial charge in [0.25, 0.3) is 0 Å². The summed E-state index contributed by atoms with van der Waals surface area (Å²) in [5.41, 5.74) is 0.964.